The molecule has 0 atom stereocenters. The summed E-state index contributed by atoms with van der Waals surface area (Å²) in [5, 5.41) is 4.52. The Labute approximate surface area is 188 Å². The molecule has 0 radical (unpaired) electrons. The van der Waals surface area contributed by atoms with E-state index in [1.165, 1.54) is 32.4 Å². The van der Waals surface area contributed by atoms with Crippen molar-refractivity contribution in [2.45, 2.75) is 19.3 Å². The SMILES string of the molecule is COc1ccc(-c2cnn3cc(-c4ccc(OCCN5CCCCC5)cc4)cnc23)cc1. The molecule has 2 aromatic heterocycles. The maximum atomic E-state index is 5.95. The first-order valence-electron chi connectivity index (χ1n) is 11.2. The first-order valence-corrected chi connectivity index (χ1v) is 11.2. The van der Waals surface area contributed by atoms with Crippen LogP contribution in [0.4, 0.5) is 0 Å². The molecule has 3 heterocycles. The summed E-state index contributed by atoms with van der Waals surface area (Å²) < 4.78 is 13.0. The lowest BCUT2D eigenvalue weighted by molar-refractivity contribution is 0.183. The minimum atomic E-state index is 0.730. The predicted octanol–water partition coefficient (Wildman–Crippen LogP) is 4.94. The van der Waals surface area contributed by atoms with Crippen LogP contribution in [0, 0.1) is 0 Å². The molecule has 1 fully saturated rings. The lowest BCUT2D eigenvalue weighted by atomic mass is 10.1. The summed E-state index contributed by atoms with van der Waals surface area (Å²) in [5.41, 5.74) is 4.99. The van der Waals surface area contributed by atoms with Crippen molar-refractivity contribution in [2.24, 2.45) is 0 Å². The van der Waals surface area contributed by atoms with Crippen LogP contribution in [0.3, 0.4) is 0 Å². The summed E-state index contributed by atoms with van der Waals surface area (Å²) in [7, 11) is 1.67. The summed E-state index contributed by atoms with van der Waals surface area (Å²) in [6.45, 7) is 4.13. The molecule has 1 saturated heterocycles. The maximum Gasteiger partial charge on any atom is 0.162 e. The van der Waals surface area contributed by atoms with Gasteiger partial charge in [0.05, 0.1) is 13.3 Å². The van der Waals surface area contributed by atoms with Crippen LogP contribution in [0.15, 0.2) is 67.1 Å². The third kappa shape index (κ3) is 4.46. The fourth-order valence-electron chi connectivity index (χ4n) is 4.22. The van der Waals surface area contributed by atoms with Crippen LogP contribution in [0.2, 0.25) is 0 Å². The zero-order valence-corrected chi connectivity index (χ0v) is 18.4. The van der Waals surface area contributed by atoms with E-state index in [1.807, 2.05) is 59.5 Å². The fraction of sp³-hybridized carbons (Fsp3) is 0.308. The molecular weight excluding hydrogens is 400 g/mol. The Morgan fingerprint density at radius 2 is 1.53 bits per heavy atom. The molecule has 0 unspecified atom stereocenters. The van der Waals surface area contributed by atoms with Gasteiger partial charge in [-0.25, -0.2) is 9.50 Å². The number of piperidine rings is 1. The van der Waals surface area contributed by atoms with E-state index >= 15 is 0 Å². The first-order chi connectivity index (χ1) is 15.8. The van der Waals surface area contributed by atoms with Crippen LogP contribution in [-0.2, 0) is 0 Å². The third-order valence-corrected chi connectivity index (χ3v) is 6.07. The molecular formula is C26H28N4O2. The second kappa shape index (κ2) is 9.40. The molecule has 0 saturated carbocycles. The van der Waals surface area contributed by atoms with E-state index in [0.717, 1.165) is 52.6 Å². The number of ether oxygens (including phenoxy) is 2. The average molecular weight is 429 g/mol. The highest BCUT2D eigenvalue weighted by Gasteiger charge is 2.11. The summed E-state index contributed by atoms with van der Waals surface area (Å²) in [4.78, 5) is 7.18. The molecule has 5 rings (SSSR count). The van der Waals surface area contributed by atoms with Crippen molar-refractivity contribution in [1.82, 2.24) is 19.5 Å². The molecule has 164 valence electrons. The molecule has 2 aromatic carbocycles. The van der Waals surface area contributed by atoms with Gasteiger partial charge in [0, 0.05) is 30.1 Å². The lowest BCUT2D eigenvalue weighted by Crippen LogP contribution is -2.33. The van der Waals surface area contributed by atoms with Gasteiger partial charge in [-0.2, -0.15) is 5.10 Å². The van der Waals surface area contributed by atoms with Gasteiger partial charge in [-0.15, -0.1) is 0 Å². The van der Waals surface area contributed by atoms with Gasteiger partial charge in [-0.1, -0.05) is 30.7 Å². The van der Waals surface area contributed by atoms with Crippen molar-refractivity contribution in [1.29, 1.82) is 0 Å². The van der Waals surface area contributed by atoms with Crippen molar-refractivity contribution < 1.29 is 9.47 Å². The predicted molar refractivity (Wildman–Crippen MR) is 126 cm³/mol. The van der Waals surface area contributed by atoms with Crippen LogP contribution in [0.1, 0.15) is 19.3 Å². The van der Waals surface area contributed by atoms with Crippen molar-refractivity contribution in [3.63, 3.8) is 0 Å². The molecule has 0 amide bonds. The average Bonchev–Trinajstić information content (AvgIpc) is 3.28. The van der Waals surface area contributed by atoms with Gasteiger partial charge in [0.25, 0.3) is 0 Å². The van der Waals surface area contributed by atoms with Gasteiger partial charge in [-0.05, 0) is 61.3 Å². The molecule has 4 aromatic rings. The second-order valence-corrected chi connectivity index (χ2v) is 8.17. The minimum absolute atomic E-state index is 0.730. The largest absolute Gasteiger partial charge is 0.497 e. The number of likely N-dealkylation sites (tertiary alicyclic amines) is 1. The molecule has 0 N–H and O–H groups in total. The van der Waals surface area contributed by atoms with E-state index in [2.05, 4.69) is 22.1 Å². The monoisotopic (exact) mass is 428 g/mol. The van der Waals surface area contributed by atoms with E-state index in [4.69, 9.17) is 14.5 Å². The Balaban J connectivity index is 1.27. The molecule has 0 bridgehead atoms. The van der Waals surface area contributed by atoms with Crippen LogP contribution in [0.25, 0.3) is 27.9 Å². The van der Waals surface area contributed by atoms with Crippen molar-refractivity contribution in [3.8, 4) is 33.8 Å². The van der Waals surface area contributed by atoms with Crippen molar-refractivity contribution in [3.05, 3.63) is 67.1 Å². The highest BCUT2D eigenvalue weighted by molar-refractivity contribution is 5.78. The second-order valence-electron chi connectivity index (χ2n) is 8.17. The van der Waals surface area contributed by atoms with E-state index in [0.29, 0.717) is 0 Å². The van der Waals surface area contributed by atoms with Crippen LogP contribution < -0.4 is 9.47 Å². The number of nitrogens with zero attached hydrogens (tertiary/aromatic N) is 4. The van der Waals surface area contributed by atoms with E-state index in [9.17, 15) is 0 Å². The topological polar surface area (TPSA) is 51.9 Å². The van der Waals surface area contributed by atoms with Crippen LogP contribution >= 0.6 is 0 Å². The van der Waals surface area contributed by atoms with Crippen molar-refractivity contribution in [2.75, 3.05) is 33.4 Å². The van der Waals surface area contributed by atoms with Gasteiger partial charge in [0.2, 0.25) is 0 Å². The van der Waals surface area contributed by atoms with Gasteiger partial charge >= 0.3 is 0 Å². The summed E-state index contributed by atoms with van der Waals surface area (Å²) in [6, 6.07) is 16.2. The Bertz CT molecular complexity index is 1160. The Kier molecular flexibility index (Phi) is 6.03. The molecule has 1 aliphatic heterocycles. The lowest BCUT2D eigenvalue weighted by Gasteiger charge is -2.26. The Morgan fingerprint density at radius 1 is 0.812 bits per heavy atom. The number of aromatic nitrogens is 3. The Hall–Kier alpha value is -3.38. The summed E-state index contributed by atoms with van der Waals surface area (Å²) in [5.74, 6) is 1.74. The number of benzene rings is 2. The minimum Gasteiger partial charge on any atom is -0.497 e. The van der Waals surface area contributed by atoms with Crippen LogP contribution in [0.5, 0.6) is 11.5 Å². The fourth-order valence-corrected chi connectivity index (χ4v) is 4.22. The number of rotatable bonds is 7. The molecule has 1 aliphatic rings. The zero-order chi connectivity index (χ0) is 21.8. The highest BCUT2D eigenvalue weighted by atomic mass is 16.5. The zero-order valence-electron chi connectivity index (χ0n) is 18.4. The number of fused-ring (bicyclic) bond motifs is 1. The third-order valence-electron chi connectivity index (χ3n) is 6.07. The summed E-state index contributed by atoms with van der Waals surface area (Å²) >= 11 is 0. The smallest absolute Gasteiger partial charge is 0.162 e. The van der Waals surface area contributed by atoms with E-state index in [1.54, 1.807) is 7.11 Å². The van der Waals surface area contributed by atoms with E-state index in [-0.39, 0.29) is 0 Å². The van der Waals surface area contributed by atoms with Gasteiger partial charge in [-0.3, -0.25) is 4.90 Å². The molecule has 32 heavy (non-hydrogen) atoms. The quantitative estimate of drug-likeness (QED) is 0.417. The molecule has 6 nitrogen and oxygen atoms in total. The molecule has 0 spiro atoms. The highest BCUT2D eigenvalue weighted by Crippen LogP contribution is 2.27. The van der Waals surface area contributed by atoms with Crippen molar-refractivity contribution >= 4 is 5.65 Å². The summed E-state index contributed by atoms with van der Waals surface area (Å²) in [6.07, 6.45) is 9.75. The number of methoxy groups -OCH3 is 1. The normalized spacial score (nSPS) is 14.5. The standard InChI is InChI=1S/C26H28N4O2/c1-31-23-9-7-21(8-10-23)25-18-28-30-19-22(17-27-26(25)30)20-5-11-24(12-6-20)32-16-15-29-13-3-2-4-14-29/h5-12,17-19H,2-4,13-16H2,1H3. The Morgan fingerprint density at radius 3 is 2.28 bits per heavy atom. The van der Waals surface area contributed by atoms with Gasteiger partial charge < -0.3 is 9.47 Å². The van der Waals surface area contributed by atoms with Gasteiger partial charge in [0.15, 0.2) is 5.65 Å². The maximum absolute atomic E-state index is 5.95. The number of hydrogen-bond acceptors (Lipinski definition) is 5. The van der Waals surface area contributed by atoms with E-state index < -0.39 is 0 Å². The first kappa shape index (κ1) is 20.5. The van der Waals surface area contributed by atoms with Gasteiger partial charge in [0.1, 0.15) is 18.1 Å². The van der Waals surface area contributed by atoms with Crippen LogP contribution in [-0.4, -0.2) is 52.8 Å². The molecule has 6 heteroatoms. The number of hydrogen-bond donors (Lipinski definition) is 0. The molecule has 0 aliphatic carbocycles.